The zero-order chi connectivity index (χ0) is 26.0. The summed E-state index contributed by atoms with van der Waals surface area (Å²) in [5.74, 6) is -0.373. The lowest BCUT2D eigenvalue weighted by atomic mass is 9.90. The van der Waals surface area contributed by atoms with E-state index in [4.69, 9.17) is 14.2 Å². The smallest absolute Gasteiger partial charge is 0.416 e. The maximum Gasteiger partial charge on any atom is 0.416 e. The average Bonchev–Trinajstić information content (AvgIpc) is 3.05. The summed E-state index contributed by atoms with van der Waals surface area (Å²) in [6.07, 6.45) is -4.62. The lowest BCUT2D eigenvalue weighted by Crippen LogP contribution is -2.43. The van der Waals surface area contributed by atoms with E-state index in [1.165, 1.54) is 34.3 Å². The Labute approximate surface area is 199 Å². The molecule has 1 heterocycles. The minimum absolute atomic E-state index is 0.0179. The van der Waals surface area contributed by atoms with Crippen LogP contribution in [-0.4, -0.2) is 50.6 Å². The molecule has 1 atom stereocenters. The highest BCUT2D eigenvalue weighted by molar-refractivity contribution is 6.09. The second-order valence-electron chi connectivity index (χ2n) is 7.84. The van der Waals surface area contributed by atoms with Crippen LogP contribution in [0.25, 0.3) is 0 Å². The number of carbonyl (C=O) groups is 3. The van der Waals surface area contributed by atoms with Gasteiger partial charge in [-0.2, -0.15) is 13.2 Å². The molecule has 3 rings (SSSR count). The van der Waals surface area contributed by atoms with Crippen molar-refractivity contribution in [3.05, 3.63) is 53.1 Å². The fourth-order valence-corrected chi connectivity index (χ4v) is 3.68. The number of halogens is 3. The van der Waals surface area contributed by atoms with Gasteiger partial charge in [-0.1, -0.05) is 12.1 Å². The fraction of sp³-hybridized carbons (Fsp3) is 0.348. The van der Waals surface area contributed by atoms with Gasteiger partial charge in [-0.15, -0.1) is 0 Å². The molecule has 2 aromatic carbocycles. The highest BCUT2D eigenvalue weighted by atomic mass is 19.4. The SMILES string of the molecule is COc1cc(CNC(=O)CN2C(=O)NC(C)(c3cccc(C(F)(F)F)c3)C2=O)cc(OC)c1OC. The summed E-state index contributed by atoms with van der Waals surface area (Å²) in [6.45, 7) is 0.685. The van der Waals surface area contributed by atoms with Gasteiger partial charge in [0.15, 0.2) is 11.5 Å². The molecule has 1 unspecified atom stereocenters. The van der Waals surface area contributed by atoms with Crippen molar-refractivity contribution in [1.29, 1.82) is 0 Å². The first kappa shape index (κ1) is 25.7. The van der Waals surface area contributed by atoms with Crippen molar-refractivity contribution in [2.75, 3.05) is 27.9 Å². The summed E-state index contributed by atoms with van der Waals surface area (Å²) in [5, 5.41) is 4.98. The largest absolute Gasteiger partial charge is 0.493 e. The van der Waals surface area contributed by atoms with Crippen LogP contribution in [0.1, 0.15) is 23.6 Å². The molecule has 0 aromatic heterocycles. The zero-order valence-corrected chi connectivity index (χ0v) is 19.4. The topological polar surface area (TPSA) is 106 Å². The third-order valence-electron chi connectivity index (χ3n) is 5.56. The van der Waals surface area contributed by atoms with Gasteiger partial charge in [-0.05, 0) is 42.3 Å². The first-order valence-electron chi connectivity index (χ1n) is 10.3. The van der Waals surface area contributed by atoms with Crippen LogP contribution in [0, 0.1) is 0 Å². The summed E-state index contributed by atoms with van der Waals surface area (Å²) >= 11 is 0. The molecule has 4 amide bonds. The van der Waals surface area contributed by atoms with Gasteiger partial charge in [-0.3, -0.25) is 14.5 Å². The van der Waals surface area contributed by atoms with Gasteiger partial charge in [-0.25, -0.2) is 4.79 Å². The number of methoxy groups -OCH3 is 3. The molecule has 0 bridgehead atoms. The van der Waals surface area contributed by atoms with Crippen LogP contribution in [0.2, 0.25) is 0 Å². The highest BCUT2D eigenvalue weighted by Crippen LogP contribution is 2.38. The number of benzene rings is 2. The predicted molar refractivity (Wildman–Crippen MR) is 117 cm³/mol. The molecule has 1 aliphatic rings. The first-order valence-corrected chi connectivity index (χ1v) is 10.3. The predicted octanol–water partition coefficient (Wildman–Crippen LogP) is 2.81. The fourth-order valence-electron chi connectivity index (χ4n) is 3.68. The van der Waals surface area contributed by atoms with Gasteiger partial charge < -0.3 is 24.8 Å². The minimum Gasteiger partial charge on any atom is -0.493 e. The van der Waals surface area contributed by atoms with Gasteiger partial charge in [0.05, 0.1) is 26.9 Å². The number of urea groups is 1. The van der Waals surface area contributed by atoms with Crippen molar-refractivity contribution >= 4 is 17.8 Å². The maximum atomic E-state index is 13.1. The molecule has 1 aliphatic heterocycles. The van der Waals surface area contributed by atoms with E-state index in [2.05, 4.69) is 10.6 Å². The number of carbonyl (C=O) groups excluding carboxylic acids is 3. The van der Waals surface area contributed by atoms with Gasteiger partial charge in [0.1, 0.15) is 12.1 Å². The van der Waals surface area contributed by atoms with E-state index in [-0.39, 0.29) is 12.1 Å². The third-order valence-corrected chi connectivity index (χ3v) is 5.56. The Kier molecular flexibility index (Phi) is 7.13. The molecular weight excluding hydrogens is 471 g/mol. The Morgan fingerprint density at radius 2 is 1.69 bits per heavy atom. The number of hydrogen-bond donors (Lipinski definition) is 2. The lowest BCUT2D eigenvalue weighted by Gasteiger charge is -2.23. The van der Waals surface area contributed by atoms with Gasteiger partial charge in [0.25, 0.3) is 5.91 Å². The third kappa shape index (κ3) is 5.10. The molecular formula is C23H24F3N3O6. The first-order chi connectivity index (χ1) is 16.4. The number of hydrogen-bond acceptors (Lipinski definition) is 6. The van der Waals surface area contributed by atoms with Crippen LogP contribution in [0.4, 0.5) is 18.0 Å². The molecule has 0 saturated carbocycles. The van der Waals surface area contributed by atoms with E-state index in [0.29, 0.717) is 27.7 Å². The van der Waals surface area contributed by atoms with Crippen LogP contribution in [-0.2, 0) is 27.8 Å². The molecule has 188 valence electrons. The molecule has 0 radical (unpaired) electrons. The number of imide groups is 1. The Balaban J connectivity index is 1.72. The van der Waals surface area contributed by atoms with Crippen LogP contribution < -0.4 is 24.8 Å². The summed E-state index contributed by atoms with van der Waals surface area (Å²) in [6, 6.07) is 6.48. The molecule has 12 heteroatoms. The Morgan fingerprint density at radius 3 is 2.23 bits per heavy atom. The van der Waals surface area contributed by atoms with E-state index >= 15 is 0 Å². The van der Waals surface area contributed by atoms with Crippen molar-refractivity contribution in [2.24, 2.45) is 0 Å². The van der Waals surface area contributed by atoms with Gasteiger partial charge >= 0.3 is 12.2 Å². The normalized spacial score (nSPS) is 17.7. The van der Waals surface area contributed by atoms with Crippen molar-refractivity contribution in [3.63, 3.8) is 0 Å². The number of nitrogens with zero attached hydrogens (tertiary/aromatic N) is 1. The van der Waals surface area contributed by atoms with E-state index in [9.17, 15) is 27.6 Å². The van der Waals surface area contributed by atoms with Crippen LogP contribution >= 0.6 is 0 Å². The number of ether oxygens (including phenoxy) is 3. The molecule has 35 heavy (non-hydrogen) atoms. The van der Waals surface area contributed by atoms with Gasteiger partial charge in [0.2, 0.25) is 11.7 Å². The second kappa shape index (κ2) is 9.72. The molecule has 2 aromatic rings. The van der Waals surface area contributed by atoms with Crippen LogP contribution in [0.3, 0.4) is 0 Å². The van der Waals surface area contributed by atoms with E-state index in [0.717, 1.165) is 18.2 Å². The van der Waals surface area contributed by atoms with Crippen LogP contribution in [0.5, 0.6) is 17.2 Å². The highest BCUT2D eigenvalue weighted by Gasteiger charge is 2.50. The standard InChI is InChI=1S/C23H24F3N3O6/c1-22(14-6-5-7-15(10-14)23(24,25)26)20(31)29(21(32)28-22)12-18(30)27-11-13-8-16(33-2)19(35-4)17(9-13)34-3/h5-10H,11-12H2,1-4H3,(H,27,30)(H,28,32). The Morgan fingerprint density at radius 1 is 1.06 bits per heavy atom. The molecule has 9 nitrogen and oxygen atoms in total. The summed E-state index contributed by atoms with van der Waals surface area (Å²) < 4.78 is 55.1. The molecule has 2 N–H and O–H groups in total. The van der Waals surface area contributed by atoms with Crippen molar-refractivity contribution in [3.8, 4) is 17.2 Å². The summed E-state index contributed by atoms with van der Waals surface area (Å²) in [5.41, 5.74) is -2.17. The summed E-state index contributed by atoms with van der Waals surface area (Å²) in [7, 11) is 4.34. The van der Waals surface area contributed by atoms with E-state index < -0.39 is 41.7 Å². The van der Waals surface area contributed by atoms with E-state index in [1.54, 1.807) is 12.1 Å². The minimum atomic E-state index is -4.62. The monoisotopic (exact) mass is 495 g/mol. The average molecular weight is 495 g/mol. The van der Waals surface area contributed by atoms with Crippen molar-refractivity contribution in [2.45, 2.75) is 25.2 Å². The number of rotatable bonds is 8. The Hall–Kier alpha value is -3.96. The molecule has 0 aliphatic carbocycles. The van der Waals surface area contributed by atoms with Crippen LogP contribution in [0.15, 0.2) is 36.4 Å². The van der Waals surface area contributed by atoms with Crippen molar-refractivity contribution < 1.29 is 41.8 Å². The lowest BCUT2D eigenvalue weighted by molar-refractivity contribution is -0.138. The maximum absolute atomic E-state index is 13.1. The van der Waals surface area contributed by atoms with Gasteiger partial charge in [0, 0.05) is 6.54 Å². The quantitative estimate of drug-likeness (QED) is 0.546. The summed E-state index contributed by atoms with van der Waals surface area (Å²) in [4.78, 5) is 38.6. The van der Waals surface area contributed by atoms with Crippen molar-refractivity contribution in [1.82, 2.24) is 15.5 Å². The molecule has 1 saturated heterocycles. The number of amides is 4. The second-order valence-corrected chi connectivity index (χ2v) is 7.84. The molecule has 0 spiro atoms. The number of alkyl halides is 3. The number of nitrogens with one attached hydrogen (secondary N) is 2. The molecule has 1 fully saturated rings. The zero-order valence-electron chi connectivity index (χ0n) is 19.4. The van der Waals surface area contributed by atoms with E-state index in [1.807, 2.05) is 0 Å². The Bertz CT molecular complexity index is 1130.